The van der Waals surface area contributed by atoms with Gasteiger partial charge in [0.25, 0.3) is 0 Å². The second-order valence-electron chi connectivity index (χ2n) is 8.45. The number of urea groups is 1. The number of halogens is 1. The van der Waals surface area contributed by atoms with Crippen molar-refractivity contribution >= 4 is 17.4 Å². The lowest BCUT2D eigenvalue weighted by Crippen LogP contribution is -2.47. The summed E-state index contributed by atoms with van der Waals surface area (Å²) in [4.78, 5) is 17.4. The van der Waals surface area contributed by atoms with Gasteiger partial charge in [-0.05, 0) is 86.8 Å². The monoisotopic (exact) mass is 395 g/mol. The van der Waals surface area contributed by atoms with Crippen molar-refractivity contribution in [2.24, 2.45) is 0 Å². The predicted octanol–water partition coefficient (Wildman–Crippen LogP) is 4.38. The van der Waals surface area contributed by atoms with E-state index in [0.717, 1.165) is 49.0 Å². The second kappa shape index (κ2) is 7.02. The molecule has 29 heavy (non-hydrogen) atoms. The van der Waals surface area contributed by atoms with Crippen molar-refractivity contribution in [3.63, 3.8) is 0 Å². The molecule has 152 valence electrons. The normalized spacial score (nSPS) is 20.6. The lowest BCUT2D eigenvalue weighted by Gasteiger charge is -2.40. The Bertz CT molecular complexity index is 918. The summed E-state index contributed by atoms with van der Waals surface area (Å²) in [5, 5.41) is 2.98. The van der Waals surface area contributed by atoms with Gasteiger partial charge in [-0.2, -0.15) is 0 Å². The highest BCUT2D eigenvalue weighted by atomic mass is 19.1. The van der Waals surface area contributed by atoms with Gasteiger partial charge in [0.05, 0.1) is 7.11 Å². The van der Waals surface area contributed by atoms with E-state index in [9.17, 15) is 9.18 Å². The zero-order valence-corrected chi connectivity index (χ0v) is 16.7. The Morgan fingerprint density at radius 1 is 1.14 bits per heavy atom. The standard InChI is InChI=1S/C23H26FN3O2/c1-29-19-7-3-17(4-8-19)25-22(28)27-15-23(20-14-16(24)2-9-21(20)27)10-12-26(13-11-23)18-5-6-18/h2-4,7-9,14,18H,5-6,10-13,15H2,1H3,(H,25,28). The smallest absolute Gasteiger partial charge is 0.326 e. The summed E-state index contributed by atoms with van der Waals surface area (Å²) in [7, 11) is 1.61. The van der Waals surface area contributed by atoms with Gasteiger partial charge in [-0.1, -0.05) is 0 Å². The molecule has 2 heterocycles. The van der Waals surface area contributed by atoms with Crippen LogP contribution in [0.1, 0.15) is 31.2 Å². The summed E-state index contributed by atoms with van der Waals surface area (Å²) < 4.78 is 19.3. The van der Waals surface area contributed by atoms with Gasteiger partial charge in [0.2, 0.25) is 0 Å². The van der Waals surface area contributed by atoms with E-state index in [1.165, 1.54) is 18.9 Å². The van der Waals surface area contributed by atoms with Gasteiger partial charge < -0.3 is 15.0 Å². The zero-order chi connectivity index (χ0) is 20.0. The number of likely N-dealkylation sites (tertiary alicyclic amines) is 1. The maximum absolute atomic E-state index is 14.1. The van der Waals surface area contributed by atoms with Gasteiger partial charge in [0.15, 0.2) is 0 Å². The number of carbonyl (C=O) groups is 1. The van der Waals surface area contributed by atoms with E-state index >= 15 is 0 Å². The van der Waals surface area contributed by atoms with Crippen molar-refractivity contribution in [2.75, 3.05) is 37.0 Å². The first-order valence-corrected chi connectivity index (χ1v) is 10.3. The minimum Gasteiger partial charge on any atom is -0.497 e. The van der Waals surface area contributed by atoms with Gasteiger partial charge in [0, 0.05) is 29.4 Å². The third-order valence-electron chi connectivity index (χ3n) is 6.69. The molecule has 6 heteroatoms. The lowest BCUT2D eigenvalue weighted by molar-refractivity contribution is 0.159. The van der Waals surface area contributed by atoms with Crippen molar-refractivity contribution in [3.8, 4) is 5.75 Å². The molecule has 1 saturated carbocycles. The molecular formula is C23H26FN3O2. The summed E-state index contributed by atoms with van der Waals surface area (Å²) >= 11 is 0. The van der Waals surface area contributed by atoms with Crippen LogP contribution in [0.3, 0.4) is 0 Å². The zero-order valence-electron chi connectivity index (χ0n) is 16.7. The Hall–Kier alpha value is -2.60. The van der Waals surface area contributed by atoms with Gasteiger partial charge in [-0.25, -0.2) is 9.18 Å². The number of fused-ring (bicyclic) bond motifs is 2. The maximum Gasteiger partial charge on any atom is 0.326 e. The number of anilines is 2. The van der Waals surface area contributed by atoms with E-state index in [1.54, 1.807) is 24.1 Å². The van der Waals surface area contributed by atoms with Crippen LogP contribution in [0.4, 0.5) is 20.6 Å². The number of nitrogens with zero attached hydrogens (tertiary/aromatic N) is 2. The molecule has 0 unspecified atom stereocenters. The summed E-state index contributed by atoms with van der Waals surface area (Å²) in [5.41, 5.74) is 2.37. The van der Waals surface area contributed by atoms with Crippen LogP contribution in [0.2, 0.25) is 0 Å². The molecule has 2 aromatic rings. The molecule has 0 bridgehead atoms. The van der Waals surface area contributed by atoms with Crippen LogP contribution in [0.25, 0.3) is 0 Å². The largest absolute Gasteiger partial charge is 0.497 e. The number of benzene rings is 2. The minimum absolute atomic E-state index is 0.153. The third kappa shape index (κ3) is 3.35. The highest BCUT2D eigenvalue weighted by molar-refractivity contribution is 6.03. The lowest BCUT2D eigenvalue weighted by atomic mass is 9.74. The van der Waals surface area contributed by atoms with E-state index in [1.807, 2.05) is 24.3 Å². The van der Waals surface area contributed by atoms with Gasteiger partial charge in [-0.15, -0.1) is 0 Å². The number of piperidine rings is 1. The van der Waals surface area contributed by atoms with Crippen molar-refractivity contribution in [2.45, 2.75) is 37.1 Å². The quantitative estimate of drug-likeness (QED) is 0.839. The summed E-state index contributed by atoms with van der Waals surface area (Å²) in [5.74, 6) is 0.511. The van der Waals surface area contributed by atoms with Gasteiger partial charge >= 0.3 is 6.03 Å². The first kappa shape index (κ1) is 18.4. The molecule has 1 N–H and O–H groups in total. The number of amides is 2. The fraction of sp³-hybridized carbons (Fsp3) is 0.435. The number of ether oxygens (including phenoxy) is 1. The van der Waals surface area contributed by atoms with Crippen molar-refractivity contribution in [1.29, 1.82) is 0 Å². The van der Waals surface area contributed by atoms with Crippen LogP contribution in [-0.4, -0.2) is 43.7 Å². The number of hydrogen-bond acceptors (Lipinski definition) is 3. The Morgan fingerprint density at radius 3 is 2.52 bits per heavy atom. The molecule has 1 spiro atoms. The van der Waals surface area contributed by atoms with Crippen molar-refractivity contribution < 1.29 is 13.9 Å². The first-order chi connectivity index (χ1) is 14.1. The predicted molar refractivity (Wildman–Crippen MR) is 111 cm³/mol. The number of carbonyl (C=O) groups excluding carboxylic acids is 1. The SMILES string of the molecule is COc1ccc(NC(=O)N2CC3(CCN(C4CC4)CC3)c3cc(F)ccc32)cc1. The number of hydrogen-bond donors (Lipinski definition) is 1. The highest BCUT2D eigenvalue weighted by Crippen LogP contribution is 2.48. The van der Waals surface area contributed by atoms with Crippen molar-refractivity contribution in [3.05, 3.63) is 53.8 Å². The molecule has 2 aromatic carbocycles. The maximum atomic E-state index is 14.1. The molecule has 0 aromatic heterocycles. The molecule has 5 rings (SSSR count). The molecule has 2 amide bonds. The molecule has 2 aliphatic heterocycles. The van der Waals surface area contributed by atoms with Crippen LogP contribution in [0.5, 0.6) is 5.75 Å². The van der Waals surface area contributed by atoms with E-state index in [-0.39, 0.29) is 17.3 Å². The average Bonchev–Trinajstić information content (AvgIpc) is 3.54. The number of methoxy groups -OCH3 is 1. The highest BCUT2D eigenvalue weighted by Gasteiger charge is 2.48. The molecule has 1 aliphatic carbocycles. The van der Waals surface area contributed by atoms with E-state index in [4.69, 9.17) is 4.74 Å². The minimum atomic E-state index is -0.231. The van der Waals surface area contributed by atoms with Crippen molar-refractivity contribution in [1.82, 2.24) is 4.90 Å². The fourth-order valence-electron chi connectivity index (χ4n) is 4.87. The van der Waals surface area contributed by atoms with E-state index in [2.05, 4.69) is 10.2 Å². The fourth-order valence-corrected chi connectivity index (χ4v) is 4.87. The topological polar surface area (TPSA) is 44.8 Å². The summed E-state index contributed by atoms with van der Waals surface area (Å²) in [6.07, 6.45) is 4.53. The summed E-state index contributed by atoms with van der Waals surface area (Å²) in [6.45, 7) is 2.65. The molecule has 0 atom stereocenters. The Balaban J connectivity index is 1.38. The molecule has 3 aliphatic rings. The Morgan fingerprint density at radius 2 is 1.86 bits per heavy atom. The van der Waals surface area contributed by atoms with Gasteiger partial charge in [-0.3, -0.25) is 4.90 Å². The Kier molecular flexibility index (Phi) is 4.46. The average molecular weight is 395 g/mol. The van der Waals surface area contributed by atoms with Gasteiger partial charge in [0.1, 0.15) is 11.6 Å². The number of nitrogens with one attached hydrogen (secondary N) is 1. The third-order valence-corrected chi connectivity index (χ3v) is 6.69. The Labute approximate surface area is 170 Å². The second-order valence-corrected chi connectivity index (χ2v) is 8.45. The summed E-state index contributed by atoms with van der Waals surface area (Å²) in [6, 6.07) is 12.7. The van der Waals surface area contributed by atoms with E-state index in [0.29, 0.717) is 12.2 Å². The van der Waals surface area contributed by atoms with Crippen LogP contribution >= 0.6 is 0 Å². The van der Waals surface area contributed by atoms with Crippen LogP contribution in [0, 0.1) is 5.82 Å². The number of rotatable bonds is 3. The van der Waals surface area contributed by atoms with Crippen LogP contribution in [0.15, 0.2) is 42.5 Å². The van der Waals surface area contributed by atoms with Crippen LogP contribution < -0.4 is 15.0 Å². The van der Waals surface area contributed by atoms with Crippen LogP contribution in [-0.2, 0) is 5.41 Å². The molecule has 2 fully saturated rings. The molecule has 0 radical (unpaired) electrons. The first-order valence-electron chi connectivity index (χ1n) is 10.3. The molecular weight excluding hydrogens is 369 g/mol. The van der Waals surface area contributed by atoms with E-state index < -0.39 is 0 Å². The molecule has 1 saturated heterocycles. The molecule has 5 nitrogen and oxygen atoms in total.